The van der Waals surface area contributed by atoms with Gasteiger partial charge in [0.25, 0.3) is 5.91 Å². The third kappa shape index (κ3) is 4.67. The Balaban J connectivity index is 1.80. The van der Waals surface area contributed by atoms with E-state index in [1.54, 1.807) is 42.9 Å². The number of nitrogens with zero attached hydrogens (tertiary/aromatic N) is 4. The molecule has 3 aromatic heterocycles. The van der Waals surface area contributed by atoms with Gasteiger partial charge in [0.1, 0.15) is 17.2 Å². The van der Waals surface area contributed by atoms with Gasteiger partial charge in [-0.1, -0.05) is 12.1 Å². The molecule has 0 fully saturated rings. The molecule has 0 spiro atoms. The van der Waals surface area contributed by atoms with E-state index in [2.05, 4.69) is 20.3 Å². The second-order valence-corrected chi connectivity index (χ2v) is 6.51. The molecule has 0 aliphatic heterocycles. The summed E-state index contributed by atoms with van der Waals surface area (Å²) in [5.74, 6) is 0.0183. The van der Waals surface area contributed by atoms with Gasteiger partial charge in [-0.05, 0) is 49.7 Å². The van der Waals surface area contributed by atoms with Gasteiger partial charge in [0, 0.05) is 30.2 Å². The number of pyridine rings is 3. The largest absolute Gasteiger partial charge is 0.314 e. The summed E-state index contributed by atoms with van der Waals surface area (Å²) in [5.41, 5.74) is 2.27. The fourth-order valence-corrected chi connectivity index (χ4v) is 2.69. The maximum atomic E-state index is 12.7. The molecule has 0 atom stereocenters. The highest BCUT2D eigenvalue weighted by Crippen LogP contribution is 2.20. The van der Waals surface area contributed by atoms with Gasteiger partial charge in [-0.25, -0.2) is 9.97 Å². The standard InChI is InChI=1S/C21H21N7O/c1-14(2)28(13-22)20(23)17-6-3-7-18(26-17)21(29)27-19-11-15(8-10-25-19)16-5-4-9-24-12-16/h3-14,22-23H,1-2H3,(H,25,27,29). The van der Waals surface area contributed by atoms with Crippen LogP contribution < -0.4 is 5.32 Å². The van der Waals surface area contributed by atoms with Crippen molar-refractivity contribution in [1.29, 1.82) is 10.8 Å². The van der Waals surface area contributed by atoms with Crippen LogP contribution in [0.2, 0.25) is 0 Å². The predicted octanol–water partition coefficient (Wildman–Crippen LogP) is 3.43. The molecule has 0 saturated heterocycles. The Hall–Kier alpha value is -3.94. The molecule has 0 aliphatic rings. The van der Waals surface area contributed by atoms with Gasteiger partial charge in [-0.3, -0.25) is 20.6 Å². The molecule has 0 radical (unpaired) electrons. The average Bonchev–Trinajstić information content (AvgIpc) is 2.75. The molecule has 146 valence electrons. The van der Waals surface area contributed by atoms with E-state index in [1.807, 2.05) is 32.0 Å². The first-order valence-corrected chi connectivity index (χ1v) is 9.02. The lowest BCUT2D eigenvalue weighted by molar-refractivity contribution is 0.102. The summed E-state index contributed by atoms with van der Waals surface area (Å²) in [6.07, 6.45) is 6.13. The second-order valence-electron chi connectivity index (χ2n) is 6.51. The summed E-state index contributed by atoms with van der Waals surface area (Å²) in [6, 6.07) is 12.2. The van der Waals surface area contributed by atoms with Crippen molar-refractivity contribution < 1.29 is 4.79 Å². The van der Waals surface area contributed by atoms with Crippen molar-refractivity contribution in [3.8, 4) is 11.1 Å². The molecule has 1 amide bonds. The molecule has 0 bridgehead atoms. The SMILES string of the molecule is CC(C)N(C=N)C(=N)c1cccc(C(=O)Nc2cc(-c3cccnc3)ccn2)n1. The average molecular weight is 387 g/mol. The number of amidine groups is 1. The number of carbonyl (C=O) groups is 1. The van der Waals surface area contributed by atoms with Gasteiger partial charge in [-0.2, -0.15) is 0 Å². The zero-order valence-corrected chi connectivity index (χ0v) is 16.1. The lowest BCUT2D eigenvalue weighted by Crippen LogP contribution is -2.36. The number of carbonyl (C=O) groups excluding carboxylic acids is 1. The van der Waals surface area contributed by atoms with Crippen LogP contribution in [0.4, 0.5) is 5.82 Å². The lowest BCUT2D eigenvalue weighted by atomic mass is 10.1. The van der Waals surface area contributed by atoms with Crippen LogP contribution in [0, 0.1) is 10.8 Å². The van der Waals surface area contributed by atoms with Crippen LogP contribution in [0.1, 0.15) is 30.0 Å². The molecule has 0 unspecified atom stereocenters. The van der Waals surface area contributed by atoms with Crippen molar-refractivity contribution in [2.24, 2.45) is 0 Å². The summed E-state index contributed by atoms with van der Waals surface area (Å²) >= 11 is 0. The molecule has 0 saturated carbocycles. The van der Waals surface area contributed by atoms with Crippen LogP contribution in [0.5, 0.6) is 0 Å². The highest BCUT2D eigenvalue weighted by Gasteiger charge is 2.16. The number of anilines is 1. The van der Waals surface area contributed by atoms with E-state index in [0.717, 1.165) is 17.5 Å². The van der Waals surface area contributed by atoms with Gasteiger partial charge in [0.05, 0.1) is 6.34 Å². The van der Waals surface area contributed by atoms with E-state index in [0.29, 0.717) is 11.5 Å². The van der Waals surface area contributed by atoms with Crippen LogP contribution in [0.3, 0.4) is 0 Å². The molecule has 3 rings (SSSR count). The van der Waals surface area contributed by atoms with Crippen molar-refractivity contribution >= 4 is 23.9 Å². The fraction of sp³-hybridized carbons (Fsp3) is 0.143. The third-order valence-corrected chi connectivity index (χ3v) is 4.17. The number of aromatic nitrogens is 3. The van der Waals surface area contributed by atoms with Gasteiger partial charge in [-0.15, -0.1) is 0 Å². The molecular weight excluding hydrogens is 366 g/mol. The maximum absolute atomic E-state index is 12.7. The molecule has 3 N–H and O–H groups in total. The first kappa shape index (κ1) is 19.8. The monoisotopic (exact) mass is 387 g/mol. The Kier molecular flexibility index (Phi) is 6.03. The minimum Gasteiger partial charge on any atom is -0.314 e. The highest BCUT2D eigenvalue weighted by atomic mass is 16.1. The van der Waals surface area contributed by atoms with Crippen molar-refractivity contribution in [3.63, 3.8) is 0 Å². The molecular formula is C21H21N7O. The Labute approximate surface area is 168 Å². The van der Waals surface area contributed by atoms with Crippen LogP contribution in [-0.4, -0.2) is 44.0 Å². The molecule has 8 heteroatoms. The fourth-order valence-electron chi connectivity index (χ4n) is 2.69. The number of rotatable bonds is 6. The molecule has 3 heterocycles. The van der Waals surface area contributed by atoms with E-state index in [9.17, 15) is 4.79 Å². The van der Waals surface area contributed by atoms with Crippen molar-refractivity contribution in [2.45, 2.75) is 19.9 Å². The minimum atomic E-state index is -0.429. The van der Waals surface area contributed by atoms with Crippen molar-refractivity contribution in [1.82, 2.24) is 19.9 Å². The smallest absolute Gasteiger partial charge is 0.275 e. The van der Waals surface area contributed by atoms with Crippen LogP contribution in [0.25, 0.3) is 11.1 Å². The van der Waals surface area contributed by atoms with Crippen molar-refractivity contribution in [3.05, 3.63) is 72.4 Å². The number of nitrogens with one attached hydrogen (secondary N) is 3. The second kappa shape index (κ2) is 8.83. The Morgan fingerprint density at radius 1 is 1.10 bits per heavy atom. The summed E-state index contributed by atoms with van der Waals surface area (Å²) in [4.78, 5) is 26.7. The van der Waals surface area contributed by atoms with E-state index in [4.69, 9.17) is 10.8 Å². The topological polar surface area (TPSA) is 119 Å². The molecule has 0 aromatic carbocycles. The molecule has 3 aromatic rings. The van der Waals surface area contributed by atoms with Crippen molar-refractivity contribution in [2.75, 3.05) is 5.32 Å². The summed E-state index contributed by atoms with van der Waals surface area (Å²) < 4.78 is 0. The zero-order chi connectivity index (χ0) is 20.8. The first-order valence-electron chi connectivity index (χ1n) is 9.02. The van der Waals surface area contributed by atoms with E-state index in [-0.39, 0.29) is 17.6 Å². The van der Waals surface area contributed by atoms with Gasteiger partial charge >= 0.3 is 0 Å². The normalized spacial score (nSPS) is 10.4. The summed E-state index contributed by atoms with van der Waals surface area (Å²) in [7, 11) is 0. The van der Waals surface area contributed by atoms with Crippen LogP contribution in [0.15, 0.2) is 61.1 Å². The van der Waals surface area contributed by atoms with E-state index >= 15 is 0 Å². The Morgan fingerprint density at radius 2 is 1.90 bits per heavy atom. The number of amides is 1. The zero-order valence-electron chi connectivity index (χ0n) is 16.1. The molecule has 29 heavy (non-hydrogen) atoms. The van der Waals surface area contributed by atoms with E-state index in [1.165, 1.54) is 4.90 Å². The van der Waals surface area contributed by atoms with E-state index < -0.39 is 5.91 Å². The summed E-state index contributed by atoms with van der Waals surface area (Å²) in [5, 5.41) is 18.5. The number of hydrogen-bond acceptors (Lipinski definition) is 6. The first-order chi connectivity index (χ1) is 14.0. The Bertz CT molecular complexity index is 1030. The van der Waals surface area contributed by atoms with Crippen LogP contribution >= 0.6 is 0 Å². The lowest BCUT2D eigenvalue weighted by Gasteiger charge is -2.23. The van der Waals surface area contributed by atoms with Gasteiger partial charge in [0.15, 0.2) is 5.84 Å². The van der Waals surface area contributed by atoms with Gasteiger partial charge < -0.3 is 10.2 Å². The van der Waals surface area contributed by atoms with Crippen LogP contribution in [-0.2, 0) is 0 Å². The third-order valence-electron chi connectivity index (χ3n) is 4.17. The quantitative estimate of drug-likeness (QED) is 0.442. The van der Waals surface area contributed by atoms with Gasteiger partial charge in [0.2, 0.25) is 0 Å². The highest BCUT2D eigenvalue weighted by molar-refractivity contribution is 6.05. The Morgan fingerprint density at radius 3 is 2.59 bits per heavy atom. The summed E-state index contributed by atoms with van der Waals surface area (Å²) in [6.45, 7) is 3.74. The minimum absolute atomic E-state index is 0.0568. The maximum Gasteiger partial charge on any atom is 0.275 e. The number of hydrogen-bond donors (Lipinski definition) is 3. The molecule has 0 aliphatic carbocycles. The molecule has 8 nitrogen and oxygen atoms in total. The predicted molar refractivity (Wildman–Crippen MR) is 112 cm³/mol.